The van der Waals surface area contributed by atoms with Crippen molar-refractivity contribution in [2.24, 2.45) is 0 Å². The highest BCUT2D eigenvalue weighted by Crippen LogP contribution is 2.35. The largest absolute Gasteiger partial charge is 0.376 e. The number of aryl methyl sites for hydroxylation is 1. The maximum Gasteiger partial charge on any atom is 0.240 e. The van der Waals surface area contributed by atoms with Gasteiger partial charge in [0.05, 0.1) is 27.8 Å². The lowest BCUT2D eigenvalue weighted by atomic mass is 10.1. The first-order chi connectivity index (χ1) is 18.1. The highest BCUT2D eigenvalue weighted by molar-refractivity contribution is 7.89. The third-order valence-electron chi connectivity index (χ3n) is 6.80. The highest BCUT2D eigenvalue weighted by atomic mass is 32.2. The van der Waals surface area contributed by atoms with Crippen LogP contribution in [0.3, 0.4) is 0 Å². The van der Waals surface area contributed by atoms with E-state index < -0.39 is 10.0 Å². The Morgan fingerprint density at radius 3 is 2.59 bits per heavy atom. The molecule has 0 spiro atoms. The van der Waals surface area contributed by atoms with Crippen LogP contribution >= 0.6 is 0 Å². The summed E-state index contributed by atoms with van der Waals surface area (Å²) >= 11 is 0. The van der Waals surface area contributed by atoms with E-state index in [0.29, 0.717) is 5.69 Å². The molecule has 7 heteroatoms. The third kappa shape index (κ3) is 4.83. The van der Waals surface area contributed by atoms with Gasteiger partial charge in [0.2, 0.25) is 10.0 Å². The van der Waals surface area contributed by atoms with Gasteiger partial charge in [0.1, 0.15) is 5.52 Å². The van der Waals surface area contributed by atoms with Crippen molar-refractivity contribution in [1.29, 1.82) is 0 Å². The molecular weight excluding hydrogens is 480 g/mol. The van der Waals surface area contributed by atoms with E-state index in [1.165, 1.54) is 11.1 Å². The number of nitrogens with zero attached hydrogens (tertiary/aromatic N) is 2. The van der Waals surface area contributed by atoms with Crippen molar-refractivity contribution in [1.82, 2.24) is 14.7 Å². The summed E-state index contributed by atoms with van der Waals surface area (Å²) in [6, 6.07) is 30.9. The Labute approximate surface area is 216 Å². The fourth-order valence-electron chi connectivity index (χ4n) is 4.88. The Kier molecular flexibility index (Phi) is 6.16. The van der Waals surface area contributed by atoms with Gasteiger partial charge in [-0.15, -0.1) is 0 Å². The normalized spacial score (nSPS) is 15.0. The van der Waals surface area contributed by atoms with Crippen LogP contribution in [-0.4, -0.2) is 18.4 Å². The molecule has 1 unspecified atom stereocenters. The molecule has 0 fully saturated rings. The highest BCUT2D eigenvalue weighted by Gasteiger charge is 2.22. The zero-order chi connectivity index (χ0) is 25.2. The van der Waals surface area contributed by atoms with Crippen molar-refractivity contribution in [3.63, 3.8) is 0 Å². The smallest absolute Gasteiger partial charge is 0.240 e. The van der Waals surface area contributed by atoms with Crippen LogP contribution in [0.15, 0.2) is 108 Å². The van der Waals surface area contributed by atoms with Crippen molar-refractivity contribution < 1.29 is 8.42 Å². The summed E-state index contributed by atoms with van der Waals surface area (Å²) in [6.45, 7) is 0.229. The first kappa shape index (κ1) is 23.3. The van der Waals surface area contributed by atoms with Crippen LogP contribution in [0.1, 0.15) is 29.2 Å². The monoisotopic (exact) mass is 506 g/mol. The minimum Gasteiger partial charge on any atom is -0.376 e. The maximum absolute atomic E-state index is 13.0. The van der Waals surface area contributed by atoms with Crippen molar-refractivity contribution in [3.8, 4) is 11.3 Å². The first-order valence-electron chi connectivity index (χ1n) is 12.3. The van der Waals surface area contributed by atoms with Crippen LogP contribution in [0.2, 0.25) is 0 Å². The van der Waals surface area contributed by atoms with Crippen molar-refractivity contribution in [2.45, 2.75) is 30.3 Å². The number of fused-ring (bicyclic) bond motifs is 2. The molecule has 1 aliphatic carbocycles. The van der Waals surface area contributed by atoms with Gasteiger partial charge in [-0.25, -0.2) is 18.1 Å². The number of nitrogens with one attached hydrogen (secondary N) is 2. The molecule has 6 nitrogen and oxygen atoms in total. The molecule has 2 heterocycles. The molecule has 3 aromatic carbocycles. The average Bonchev–Trinajstić information content (AvgIpc) is 3.35. The predicted molar refractivity (Wildman–Crippen MR) is 147 cm³/mol. The summed E-state index contributed by atoms with van der Waals surface area (Å²) in [4.78, 5) is 9.62. The maximum atomic E-state index is 13.0. The number of pyridine rings is 2. The van der Waals surface area contributed by atoms with E-state index in [0.717, 1.165) is 40.7 Å². The molecule has 0 aliphatic heterocycles. The van der Waals surface area contributed by atoms with Gasteiger partial charge in [-0.3, -0.25) is 4.98 Å². The Hall–Kier alpha value is -4.07. The molecule has 0 bridgehead atoms. The molecule has 184 valence electrons. The summed E-state index contributed by atoms with van der Waals surface area (Å²) in [6.07, 6.45) is 3.87. The Balaban J connectivity index is 1.29. The van der Waals surface area contributed by atoms with Crippen LogP contribution in [-0.2, 0) is 23.0 Å². The van der Waals surface area contributed by atoms with Gasteiger partial charge in [-0.2, -0.15) is 0 Å². The van der Waals surface area contributed by atoms with Gasteiger partial charge in [-0.1, -0.05) is 66.7 Å². The predicted octanol–water partition coefficient (Wildman–Crippen LogP) is 5.87. The Morgan fingerprint density at radius 1 is 0.865 bits per heavy atom. The minimum absolute atomic E-state index is 0.204. The topological polar surface area (TPSA) is 84.0 Å². The average molecular weight is 507 g/mol. The van der Waals surface area contributed by atoms with Crippen LogP contribution in [0.25, 0.3) is 22.3 Å². The summed E-state index contributed by atoms with van der Waals surface area (Å²) in [5.41, 5.74) is 7.49. The number of rotatable bonds is 7. The van der Waals surface area contributed by atoms with Gasteiger partial charge in [0.25, 0.3) is 0 Å². The molecule has 0 radical (unpaired) electrons. The molecule has 1 atom stereocenters. The van der Waals surface area contributed by atoms with Crippen LogP contribution in [0.5, 0.6) is 0 Å². The quantitative estimate of drug-likeness (QED) is 0.288. The van der Waals surface area contributed by atoms with Crippen molar-refractivity contribution in [3.05, 3.63) is 120 Å². The molecule has 1 aliphatic rings. The Morgan fingerprint density at radius 2 is 1.70 bits per heavy atom. The molecule has 5 aromatic rings. The summed E-state index contributed by atoms with van der Waals surface area (Å²) in [7, 11) is -3.69. The van der Waals surface area contributed by atoms with Crippen LogP contribution < -0.4 is 10.0 Å². The van der Waals surface area contributed by atoms with E-state index in [1.807, 2.05) is 54.6 Å². The number of sulfonamides is 1. The molecule has 6 rings (SSSR count). The third-order valence-corrected chi connectivity index (χ3v) is 8.19. The summed E-state index contributed by atoms with van der Waals surface area (Å²) in [5, 5.41) is 3.68. The van der Waals surface area contributed by atoms with E-state index in [1.54, 1.807) is 24.4 Å². The van der Waals surface area contributed by atoms with Gasteiger partial charge >= 0.3 is 0 Å². The molecule has 0 saturated heterocycles. The van der Waals surface area contributed by atoms with Crippen LogP contribution in [0, 0.1) is 0 Å². The van der Waals surface area contributed by atoms with Gasteiger partial charge in [0.15, 0.2) is 0 Å². The Bertz CT molecular complexity index is 1690. The number of hydrogen-bond acceptors (Lipinski definition) is 5. The molecule has 37 heavy (non-hydrogen) atoms. The number of benzene rings is 3. The number of hydrogen-bond donors (Lipinski definition) is 2. The standard InChI is InChI=1S/C30H26N4O2S/c35-37(36,32-20-21-7-2-1-3-8-21)24-11-6-10-23(19-24)26-15-16-28-30(34-26)29(17-18-31-28)33-27-14-13-22-9-4-5-12-25(22)27/h1-12,15-19,27,32H,13-14,20H2,(H,31,33). The van der Waals surface area contributed by atoms with Gasteiger partial charge in [0, 0.05) is 18.3 Å². The number of aromatic nitrogens is 2. The fraction of sp³-hybridized carbons (Fsp3) is 0.133. The fourth-order valence-corrected chi connectivity index (χ4v) is 5.94. The molecule has 0 saturated carbocycles. The van der Waals surface area contributed by atoms with E-state index >= 15 is 0 Å². The lowest BCUT2D eigenvalue weighted by Gasteiger charge is -2.17. The van der Waals surface area contributed by atoms with E-state index in [9.17, 15) is 8.42 Å². The molecule has 0 amide bonds. The van der Waals surface area contributed by atoms with E-state index in [2.05, 4.69) is 39.3 Å². The molecule has 2 N–H and O–H groups in total. The number of anilines is 1. The van der Waals surface area contributed by atoms with Crippen molar-refractivity contribution >= 4 is 26.7 Å². The lowest BCUT2D eigenvalue weighted by molar-refractivity contribution is 0.581. The second kappa shape index (κ2) is 9.76. The summed E-state index contributed by atoms with van der Waals surface area (Å²) < 4.78 is 28.7. The van der Waals surface area contributed by atoms with E-state index in [4.69, 9.17) is 4.98 Å². The van der Waals surface area contributed by atoms with Crippen molar-refractivity contribution in [2.75, 3.05) is 5.32 Å². The second-order valence-electron chi connectivity index (χ2n) is 9.20. The van der Waals surface area contributed by atoms with Crippen LogP contribution in [0.4, 0.5) is 5.69 Å². The van der Waals surface area contributed by atoms with Gasteiger partial charge in [-0.05, 0) is 59.9 Å². The first-order valence-corrected chi connectivity index (χ1v) is 13.8. The zero-order valence-corrected chi connectivity index (χ0v) is 20.9. The lowest BCUT2D eigenvalue weighted by Crippen LogP contribution is -2.23. The second-order valence-corrected chi connectivity index (χ2v) is 11.0. The minimum atomic E-state index is -3.69. The summed E-state index contributed by atoms with van der Waals surface area (Å²) in [5.74, 6) is 0. The van der Waals surface area contributed by atoms with E-state index in [-0.39, 0.29) is 17.5 Å². The van der Waals surface area contributed by atoms with Gasteiger partial charge < -0.3 is 5.32 Å². The SMILES string of the molecule is O=S(=O)(NCc1ccccc1)c1cccc(-c2ccc3nccc(NC4CCc5ccccc54)c3n2)c1. The molecular formula is C30H26N4O2S. The zero-order valence-electron chi connectivity index (χ0n) is 20.1. The molecule has 2 aromatic heterocycles.